The molecule has 0 bridgehead atoms. The molecular weight excluding hydrogens is 667 g/mol. The third-order valence-electron chi connectivity index (χ3n) is 11.5. The maximum atomic E-state index is 6.32. The van der Waals surface area contributed by atoms with Crippen LogP contribution in [0.1, 0.15) is 22.3 Å². The molecule has 0 saturated heterocycles. The van der Waals surface area contributed by atoms with Gasteiger partial charge < -0.3 is 9.32 Å². The predicted molar refractivity (Wildman–Crippen MR) is 229 cm³/mol. The number of anilines is 3. The summed E-state index contributed by atoms with van der Waals surface area (Å²) in [5.74, 6) is 0. The first-order valence-corrected chi connectivity index (χ1v) is 18.9. The van der Waals surface area contributed by atoms with E-state index in [9.17, 15) is 0 Å². The molecule has 0 saturated carbocycles. The molecule has 1 heterocycles. The van der Waals surface area contributed by atoms with Gasteiger partial charge in [0, 0.05) is 27.8 Å². The van der Waals surface area contributed by atoms with E-state index in [4.69, 9.17) is 4.42 Å². The Balaban J connectivity index is 1.06. The third-order valence-corrected chi connectivity index (χ3v) is 11.5. The van der Waals surface area contributed by atoms with E-state index >= 15 is 0 Å². The van der Waals surface area contributed by atoms with Gasteiger partial charge in [0.1, 0.15) is 11.2 Å². The van der Waals surface area contributed by atoms with Gasteiger partial charge in [-0.2, -0.15) is 0 Å². The van der Waals surface area contributed by atoms with E-state index in [2.05, 4.69) is 211 Å². The van der Waals surface area contributed by atoms with Crippen LogP contribution in [-0.4, -0.2) is 0 Å². The van der Waals surface area contributed by atoms with Crippen molar-refractivity contribution in [3.05, 3.63) is 235 Å². The maximum absolute atomic E-state index is 6.32. The highest BCUT2D eigenvalue weighted by Gasteiger charge is 2.46. The summed E-state index contributed by atoms with van der Waals surface area (Å²) < 4.78 is 6.32. The lowest BCUT2D eigenvalue weighted by atomic mass is 9.67. The number of rotatable bonds is 6. The molecule has 11 rings (SSSR count). The summed E-state index contributed by atoms with van der Waals surface area (Å²) >= 11 is 0. The smallest absolute Gasteiger partial charge is 0.135 e. The maximum Gasteiger partial charge on any atom is 0.135 e. The molecule has 258 valence electrons. The van der Waals surface area contributed by atoms with E-state index in [0.717, 1.165) is 39.0 Å². The Labute approximate surface area is 320 Å². The largest absolute Gasteiger partial charge is 0.456 e. The molecule has 2 nitrogen and oxygen atoms in total. The first-order chi connectivity index (χ1) is 27.3. The molecule has 0 atom stereocenters. The van der Waals surface area contributed by atoms with Gasteiger partial charge >= 0.3 is 0 Å². The Morgan fingerprint density at radius 3 is 1.64 bits per heavy atom. The molecule has 10 aromatic rings. The number of hydrogen-bond acceptors (Lipinski definition) is 2. The van der Waals surface area contributed by atoms with E-state index in [1.165, 1.54) is 55.3 Å². The molecule has 55 heavy (non-hydrogen) atoms. The Morgan fingerprint density at radius 1 is 0.345 bits per heavy atom. The summed E-state index contributed by atoms with van der Waals surface area (Å²) in [4.78, 5) is 2.35. The van der Waals surface area contributed by atoms with E-state index in [-0.39, 0.29) is 0 Å². The Bertz CT molecular complexity index is 2980. The topological polar surface area (TPSA) is 16.4 Å². The van der Waals surface area contributed by atoms with Crippen LogP contribution in [-0.2, 0) is 5.41 Å². The molecule has 1 aliphatic rings. The second-order valence-electron chi connectivity index (χ2n) is 14.5. The molecule has 0 spiro atoms. The lowest BCUT2D eigenvalue weighted by molar-refractivity contribution is 0.668. The fourth-order valence-electron chi connectivity index (χ4n) is 9.04. The Kier molecular flexibility index (Phi) is 7.11. The highest BCUT2D eigenvalue weighted by Crippen LogP contribution is 2.56. The molecular formula is C53H35NO. The molecule has 0 amide bonds. The average molecular weight is 702 g/mol. The van der Waals surface area contributed by atoms with E-state index in [1.807, 2.05) is 6.07 Å². The van der Waals surface area contributed by atoms with Crippen molar-refractivity contribution in [2.24, 2.45) is 0 Å². The fraction of sp³-hybridized carbons (Fsp3) is 0.0189. The molecule has 9 aromatic carbocycles. The van der Waals surface area contributed by atoms with Gasteiger partial charge in [-0.3, -0.25) is 0 Å². The van der Waals surface area contributed by atoms with Gasteiger partial charge in [0.05, 0.1) is 5.41 Å². The molecule has 0 unspecified atom stereocenters. The average Bonchev–Trinajstić information content (AvgIpc) is 3.78. The van der Waals surface area contributed by atoms with Crippen LogP contribution in [0.25, 0.3) is 55.0 Å². The second-order valence-corrected chi connectivity index (χ2v) is 14.5. The summed E-state index contributed by atoms with van der Waals surface area (Å²) in [6.45, 7) is 0. The van der Waals surface area contributed by atoms with Crippen molar-refractivity contribution >= 4 is 49.8 Å². The lowest BCUT2D eigenvalue weighted by Crippen LogP contribution is -2.28. The minimum absolute atomic E-state index is 0.530. The highest BCUT2D eigenvalue weighted by atomic mass is 16.3. The molecule has 0 fully saturated rings. The number of hydrogen-bond donors (Lipinski definition) is 0. The summed E-state index contributed by atoms with van der Waals surface area (Å²) in [5.41, 5.74) is 14.6. The Hall–Kier alpha value is -7.16. The minimum Gasteiger partial charge on any atom is -0.456 e. The zero-order chi connectivity index (χ0) is 36.3. The van der Waals surface area contributed by atoms with Crippen molar-refractivity contribution in [2.45, 2.75) is 5.41 Å². The van der Waals surface area contributed by atoms with Gasteiger partial charge in [-0.1, -0.05) is 152 Å². The molecule has 1 aromatic heterocycles. The predicted octanol–water partition coefficient (Wildman–Crippen LogP) is 14.2. The number of furan rings is 1. The zero-order valence-electron chi connectivity index (χ0n) is 30.1. The molecule has 0 aliphatic heterocycles. The van der Waals surface area contributed by atoms with Gasteiger partial charge in [-0.25, -0.2) is 0 Å². The standard InChI is InChI=1S/C53H35NO/c1-2-14-42(15-3-1)54(43-29-24-37(25-30-43)39-23-22-36-12-4-5-13-38(36)34-39)44-31-26-40(27-32-44)53(49-19-9-6-16-45(49)46-17-7-10-20-50(46)53)41-28-33-52-48(35-41)47-18-8-11-21-51(47)55-52/h1-35H. The van der Waals surface area contributed by atoms with Crippen molar-refractivity contribution in [3.63, 3.8) is 0 Å². The minimum atomic E-state index is -0.530. The third kappa shape index (κ3) is 4.89. The van der Waals surface area contributed by atoms with Crippen LogP contribution in [0.3, 0.4) is 0 Å². The Morgan fingerprint density at radius 2 is 0.891 bits per heavy atom. The van der Waals surface area contributed by atoms with Crippen LogP contribution >= 0.6 is 0 Å². The van der Waals surface area contributed by atoms with Gasteiger partial charge in [-0.15, -0.1) is 0 Å². The number of benzene rings is 9. The van der Waals surface area contributed by atoms with Crippen molar-refractivity contribution in [1.29, 1.82) is 0 Å². The number of nitrogens with zero attached hydrogens (tertiary/aromatic N) is 1. The van der Waals surface area contributed by atoms with Crippen molar-refractivity contribution in [1.82, 2.24) is 0 Å². The summed E-state index contributed by atoms with van der Waals surface area (Å²) in [6, 6.07) is 77.1. The van der Waals surface area contributed by atoms with Gasteiger partial charge in [0.2, 0.25) is 0 Å². The monoisotopic (exact) mass is 701 g/mol. The van der Waals surface area contributed by atoms with Crippen LogP contribution in [0.4, 0.5) is 17.1 Å². The van der Waals surface area contributed by atoms with Crippen LogP contribution in [0.2, 0.25) is 0 Å². The highest BCUT2D eigenvalue weighted by molar-refractivity contribution is 6.05. The van der Waals surface area contributed by atoms with E-state index < -0.39 is 5.41 Å². The summed E-state index contributed by atoms with van der Waals surface area (Å²) in [5, 5.41) is 4.77. The zero-order valence-corrected chi connectivity index (χ0v) is 30.1. The van der Waals surface area contributed by atoms with Crippen LogP contribution < -0.4 is 4.90 Å². The summed E-state index contributed by atoms with van der Waals surface area (Å²) in [7, 11) is 0. The first kappa shape index (κ1) is 31.4. The van der Waals surface area contributed by atoms with Gasteiger partial charge in [0.25, 0.3) is 0 Å². The van der Waals surface area contributed by atoms with Crippen LogP contribution in [0.15, 0.2) is 217 Å². The normalized spacial score (nSPS) is 12.9. The fourth-order valence-corrected chi connectivity index (χ4v) is 9.04. The molecule has 0 radical (unpaired) electrons. The molecule has 2 heteroatoms. The quantitative estimate of drug-likeness (QED) is 0.172. The molecule has 1 aliphatic carbocycles. The van der Waals surface area contributed by atoms with Crippen molar-refractivity contribution < 1.29 is 4.42 Å². The van der Waals surface area contributed by atoms with Gasteiger partial charge in [0.15, 0.2) is 0 Å². The second kappa shape index (κ2) is 12.5. The lowest BCUT2D eigenvalue weighted by Gasteiger charge is -2.34. The summed E-state index contributed by atoms with van der Waals surface area (Å²) in [6.07, 6.45) is 0. The number of para-hydroxylation sites is 2. The molecule has 0 N–H and O–H groups in total. The van der Waals surface area contributed by atoms with Crippen LogP contribution in [0, 0.1) is 0 Å². The number of fused-ring (bicyclic) bond motifs is 7. The van der Waals surface area contributed by atoms with Crippen molar-refractivity contribution in [2.75, 3.05) is 4.90 Å². The van der Waals surface area contributed by atoms with E-state index in [1.54, 1.807) is 0 Å². The first-order valence-electron chi connectivity index (χ1n) is 18.9. The van der Waals surface area contributed by atoms with Gasteiger partial charge in [-0.05, 0) is 116 Å². The van der Waals surface area contributed by atoms with Crippen molar-refractivity contribution in [3.8, 4) is 22.3 Å². The van der Waals surface area contributed by atoms with E-state index in [0.29, 0.717) is 0 Å². The van der Waals surface area contributed by atoms with Crippen LogP contribution in [0.5, 0.6) is 0 Å². The SMILES string of the molecule is c1ccc(N(c2ccc(-c3ccc4ccccc4c3)cc2)c2ccc(C3(c4ccc5oc6ccccc6c5c4)c4ccccc4-c4ccccc43)cc2)cc1.